The van der Waals surface area contributed by atoms with Crippen LogP contribution in [0, 0.1) is 0 Å². The van der Waals surface area contributed by atoms with Crippen molar-refractivity contribution in [3.05, 3.63) is 12.4 Å². The fourth-order valence-corrected chi connectivity index (χ4v) is 2.14. The highest BCUT2D eigenvalue weighted by molar-refractivity contribution is 7.99. The molecule has 106 valence electrons. The van der Waals surface area contributed by atoms with Crippen molar-refractivity contribution in [2.75, 3.05) is 5.75 Å². The van der Waals surface area contributed by atoms with Crippen LogP contribution in [0.25, 0.3) is 0 Å². The van der Waals surface area contributed by atoms with E-state index in [1.54, 1.807) is 17.0 Å². The van der Waals surface area contributed by atoms with Crippen molar-refractivity contribution in [2.45, 2.75) is 44.4 Å². The zero-order chi connectivity index (χ0) is 14.5. The van der Waals surface area contributed by atoms with Crippen molar-refractivity contribution in [1.82, 2.24) is 14.9 Å². The molecule has 0 spiro atoms. The molecule has 7 heteroatoms. The Bertz CT molecular complexity index is 451. The lowest BCUT2D eigenvalue weighted by molar-refractivity contribution is -0.134. The molecule has 0 atom stereocenters. The molecule has 0 aliphatic rings. The van der Waals surface area contributed by atoms with Gasteiger partial charge in [0.25, 0.3) is 0 Å². The van der Waals surface area contributed by atoms with Gasteiger partial charge in [-0.1, -0.05) is 11.8 Å². The number of rotatable bonds is 6. The smallest absolute Gasteiger partial charge is 0.313 e. The molecule has 0 aromatic carbocycles. The summed E-state index contributed by atoms with van der Waals surface area (Å²) in [4.78, 5) is 26.3. The molecular weight excluding hydrogens is 266 g/mol. The van der Waals surface area contributed by atoms with E-state index in [0.29, 0.717) is 18.1 Å². The molecule has 0 saturated heterocycles. The van der Waals surface area contributed by atoms with Crippen LogP contribution in [0.3, 0.4) is 0 Å². The number of carboxylic acid groups (broad SMARTS) is 1. The van der Waals surface area contributed by atoms with Gasteiger partial charge in [-0.25, -0.2) is 4.98 Å². The Hall–Kier alpha value is -1.50. The van der Waals surface area contributed by atoms with E-state index in [1.807, 2.05) is 20.8 Å². The van der Waals surface area contributed by atoms with E-state index in [2.05, 4.69) is 10.3 Å². The number of aliphatic carboxylic acids is 1. The summed E-state index contributed by atoms with van der Waals surface area (Å²) < 4.78 is 1.79. The number of hydrogen-bond acceptors (Lipinski definition) is 4. The monoisotopic (exact) mass is 285 g/mol. The van der Waals surface area contributed by atoms with Crippen LogP contribution < -0.4 is 5.32 Å². The van der Waals surface area contributed by atoms with Crippen molar-refractivity contribution < 1.29 is 14.7 Å². The number of amides is 1. The van der Waals surface area contributed by atoms with Crippen molar-refractivity contribution in [1.29, 1.82) is 0 Å². The fourth-order valence-electron chi connectivity index (χ4n) is 1.43. The lowest BCUT2D eigenvalue weighted by Crippen LogP contribution is -2.40. The van der Waals surface area contributed by atoms with Gasteiger partial charge in [-0.2, -0.15) is 0 Å². The SMILES string of the molecule is CC(C)(C)NC(=O)CCn1ccnc1SCC(=O)O. The second-order valence-corrected chi connectivity index (χ2v) is 6.08. The summed E-state index contributed by atoms with van der Waals surface area (Å²) in [6.07, 6.45) is 3.69. The van der Waals surface area contributed by atoms with Crippen molar-refractivity contribution >= 4 is 23.6 Å². The van der Waals surface area contributed by atoms with Crippen molar-refractivity contribution in [3.8, 4) is 0 Å². The molecule has 0 aliphatic carbocycles. The van der Waals surface area contributed by atoms with E-state index in [4.69, 9.17) is 5.11 Å². The highest BCUT2D eigenvalue weighted by Gasteiger charge is 2.14. The molecule has 1 aromatic rings. The number of carboxylic acids is 1. The number of aromatic nitrogens is 2. The van der Waals surface area contributed by atoms with E-state index in [1.165, 1.54) is 0 Å². The highest BCUT2D eigenvalue weighted by Crippen LogP contribution is 2.15. The zero-order valence-electron chi connectivity index (χ0n) is 11.3. The molecule has 0 fully saturated rings. The molecular formula is C12H19N3O3S. The number of carbonyl (C=O) groups excluding carboxylic acids is 1. The number of thioether (sulfide) groups is 1. The third-order valence-electron chi connectivity index (χ3n) is 2.10. The van der Waals surface area contributed by atoms with E-state index in [9.17, 15) is 9.59 Å². The molecule has 19 heavy (non-hydrogen) atoms. The van der Waals surface area contributed by atoms with Crippen LogP contribution >= 0.6 is 11.8 Å². The van der Waals surface area contributed by atoms with E-state index < -0.39 is 5.97 Å². The Morgan fingerprint density at radius 1 is 1.47 bits per heavy atom. The average molecular weight is 285 g/mol. The molecule has 0 aliphatic heterocycles. The number of aryl methyl sites for hydroxylation is 1. The standard InChI is InChI=1S/C12H19N3O3S/c1-12(2,3)14-9(16)4-6-15-7-5-13-11(15)19-8-10(17)18/h5,7H,4,6,8H2,1-3H3,(H,14,16)(H,17,18). The van der Waals surface area contributed by atoms with Crippen LogP contribution in [-0.2, 0) is 16.1 Å². The predicted molar refractivity (Wildman–Crippen MR) is 73.1 cm³/mol. The van der Waals surface area contributed by atoms with Gasteiger partial charge in [0.05, 0.1) is 5.75 Å². The van der Waals surface area contributed by atoms with Gasteiger partial charge in [-0.3, -0.25) is 9.59 Å². The van der Waals surface area contributed by atoms with Gasteiger partial charge in [0, 0.05) is 30.9 Å². The summed E-state index contributed by atoms with van der Waals surface area (Å²) in [5.74, 6) is -0.953. The molecule has 0 bridgehead atoms. The molecule has 0 saturated carbocycles. The van der Waals surface area contributed by atoms with Crippen LogP contribution in [0.4, 0.5) is 0 Å². The first-order valence-corrected chi connectivity index (χ1v) is 6.93. The summed E-state index contributed by atoms with van der Waals surface area (Å²) in [5.41, 5.74) is -0.243. The Kier molecular flexibility index (Phi) is 5.41. The first-order chi connectivity index (χ1) is 8.78. The average Bonchev–Trinajstić information content (AvgIpc) is 2.68. The number of nitrogens with zero attached hydrogens (tertiary/aromatic N) is 2. The highest BCUT2D eigenvalue weighted by atomic mass is 32.2. The first-order valence-electron chi connectivity index (χ1n) is 5.94. The molecule has 0 unspecified atom stereocenters. The fraction of sp³-hybridized carbons (Fsp3) is 0.583. The van der Waals surface area contributed by atoms with Gasteiger partial charge in [0.1, 0.15) is 0 Å². The third kappa shape index (κ3) is 6.28. The molecule has 1 heterocycles. The predicted octanol–water partition coefficient (Wildman–Crippen LogP) is 1.36. The zero-order valence-corrected chi connectivity index (χ0v) is 12.2. The Balaban J connectivity index is 2.47. The number of imidazole rings is 1. The minimum atomic E-state index is -0.884. The maximum absolute atomic E-state index is 11.7. The quantitative estimate of drug-likeness (QED) is 0.771. The van der Waals surface area contributed by atoms with Crippen molar-refractivity contribution in [3.63, 3.8) is 0 Å². The summed E-state index contributed by atoms with van der Waals surface area (Å²) in [6.45, 7) is 6.27. The van der Waals surface area contributed by atoms with Crippen LogP contribution in [0.2, 0.25) is 0 Å². The van der Waals surface area contributed by atoms with Crippen LogP contribution in [0.1, 0.15) is 27.2 Å². The normalized spacial score (nSPS) is 11.3. The van der Waals surface area contributed by atoms with Crippen LogP contribution in [-0.4, -0.2) is 37.8 Å². The van der Waals surface area contributed by atoms with Gasteiger partial charge in [-0.05, 0) is 20.8 Å². The van der Waals surface area contributed by atoms with Crippen molar-refractivity contribution in [2.24, 2.45) is 0 Å². The maximum Gasteiger partial charge on any atom is 0.313 e. The largest absolute Gasteiger partial charge is 0.481 e. The molecule has 6 nitrogen and oxygen atoms in total. The Morgan fingerprint density at radius 3 is 2.74 bits per heavy atom. The minimum Gasteiger partial charge on any atom is -0.481 e. The second kappa shape index (κ2) is 6.60. The number of hydrogen-bond donors (Lipinski definition) is 2. The van der Waals surface area contributed by atoms with E-state index >= 15 is 0 Å². The van der Waals surface area contributed by atoms with E-state index in [0.717, 1.165) is 11.8 Å². The van der Waals surface area contributed by atoms with Crippen LogP contribution in [0.5, 0.6) is 0 Å². The Labute approximate surface area is 116 Å². The van der Waals surface area contributed by atoms with Gasteiger partial charge in [0.15, 0.2) is 5.16 Å². The summed E-state index contributed by atoms with van der Waals surface area (Å²) in [6, 6.07) is 0. The lowest BCUT2D eigenvalue weighted by Gasteiger charge is -2.20. The summed E-state index contributed by atoms with van der Waals surface area (Å²) in [7, 11) is 0. The van der Waals surface area contributed by atoms with Gasteiger partial charge < -0.3 is 15.0 Å². The third-order valence-corrected chi connectivity index (χ3v) is 3.09. The van der Waals surface area contributed by atoms with Gasteiger partial charge in [-0.15, -0.1) is 0 Å². The second-order valence-electron chi connectivity index (χ2n) is 5.13. The van der Waals surface area contributed by atoms with Gasteiger partial charge in [0.2, 0.25) is 5.91 Å². The lowest BCUT2D eigenvalue weighted by atomic mass is 10.1. The van der Waals surface area contributed by atoms with Gasteiger partial charge >= 0.3 is 5.97 Å². The Morgan fingerprint density at radius 2 is 2.16 bits per heavy atom. The van der Waals surface area contributed by atoms with E-state index in [-0.39, 0.29) is 17.2 Å². The minimum absolute atomic E-state index is 0.0321. The molecule has 2 N–H and O–H groups in total. The first kappa shape index (κ1) is 15.6. The number of carbonyl (C=O) groups is 2. The number of nitrogens with one attached hydrogen (secondary N) is 1. The topological polar surface area (TPSA) is 84.2 Å². The molecule has 1 aromatic heterocycles. The summed E-state index contributed by atoms with van der Waals surface area (Å²) >= 11 is 1.15. The maximum atomic E-state index is 11.7. The van der Waals surface area contributed by atoms with Crippen LogP contribution in [0.15, 0.2) is 17.6 Å². The summed E-state index contributed by atoms with van der Waals surface area (Å²) in [5, 5.41) is 12.1. The molecule has 0 radical (unpaired) electrons. The molecule has 1 rings (SSSR count). The molecule has 1 amide bonds.